The van der Waals surface area contributed by atoms with E-state index in [1.54, 1.807) is 4.90 Å². The average Bonchev–Trinajstić information content (AvgIpc) is 2.87. The Labute approximate surface area is 224 Å². The van der Waals surface area contributed by atoms with E-state index in [0.717, 1.165) is 45.8 Å². The highest BCUT2D eigenvalue weighted by Crippen LogP contribution is 2.16. The molecule has 0 aliphatic rings. The molecule has 0 spiro atoms. The fourth-order valence-corrected chi connectivity index (χ4v) is 4.48. The molecule has 0 aliphatic carbocycles. The molecule has 7 heteroatoms. The zero-order chi connectivity index (χ0) is 27.3. The second kappa shape index (κ2) is 15.4. The van der Waals surface area contributed by atoms with Crippen LogP contribution in [-0.4, -0.2) is 45.4 Å². The first-order chi connectivity index (χ1) is 17.7. The molecule has 0 saturated heterocycles. The highest BCUT2D eigenvalue weighted by Gasteiger charge is 2.13. The van der Waals surface area contributed by atoms with Crippen molar-refractivity contribution in [3.8, 4) is 0 Å². The summed E-state index contributed by atoms with van der Waals surface area (Å²) >= 11 is 0. The Hall–Kier alpha value is -2.87. The lowest BCUT2D eigenvalue weighted by molar-refractivity contribution is -0.941. The molecule has 0 saturated carbocycles. The third-order valence-corrected chi connectivity index (χ3v) is 6.34. The Morgan fingerprint density at radius 2 is 0.892 bits per heavy atom. The van der Waals surface area contributed by atoms with Gasteiger partial charge >= 0.3 is 0 Å². The van der Waals surface area contributed by atoms with Gasteiger partial charge < -0.3 is 19.3 Å². The molecule has 3 rings (SSSR count). The van der Waals surface area contributed by atoms with E-state index in [4.69, 9.17) is 13.0 Å². The number of anilines is 2. The Kier molecular flexibility index (Phi) is 12.6. The lowest BCUT2D eigenvalue weighted by atomic mass is 10.1. The van der Waals surface area contributed by atoms with Gasteiger partial charge in [-0.3, -0.25) is 0 Å². The molecule has 0 fully saturated rings. The van der Waals surface area contributed by atoms with Crippen LogP contribution >= 0.6 is 0 Å². The largest absolute Gasteiger partial charge is 0.748 e. The number of nitrogens with zero attached hydrogens (tertiary/aromatic N) is 2. The minimum absolute atomic E-state index is 0.604. The van der Waals surface area contributed by atoms with E-state index in [1.807, 2.05) is 0 Å². The number of hydrogen-bond acceptors (Lipinski definition) is 5. The Bertz CT molecular complexity index is 1060. The summed E-state index contributed by atoms with van der Waals surface area (Å²) in [7, 11) is -3.92. The third kappa shape index (κ3) is 11.4. The number of nitrogens with one attached hydrogen (secondary N) is 1. The second-order valence-corrected chi connectivity index (χ2v) is 10.6. The number of hydrogen-bond donors (Lipinski definition) is 1. The minimum atomic E-state index is -3.92. The predicted octanol–water partition coefficient (Wildman–Crippen LogP) is 4.33. The molecule has 0 radical (unpaired) electrons. The van der Waals surface area contributed by atoms with Crippen molar-refractivity contribution in [3.63, 3.8) is 0 Å². The van der Waals surface area contributed by atoms with Crippen LogP contribution in [0.15, 0.2) is 78.9 Å². The lowest BCUT2D eigenvalue weighted by Gasteiger charge is -2.23. The normalized spacial score (nSPS) is 11.1. The van der Waals surface area contributed by atoms with Gasteiger partial charge in [0.05, 0.1) is 10.1 Å². The van der Waals surface area contributed by atoms with Crippen LogP contribution in [0.4, 0.5) is 11.4 Å². The van der Waals surface area contributed by atoms with Gasteiger partial charge in [-0.15, -0.1) is 0 Å². The van der Waals surface area contributed by atoms with Crippen LogP contribution < -0.4 is 14.7 Å². The van der Waals surface area contributed by atoms with Crippen LogP contribution in [0.25, 0.3) is 0 Å². The highest BCUT2D eigenvalue weighted by atomic mass is 32.2. The Morgan fingerprint density at radius 1 is 0.595 bits per heavy atom. The maximum absolute atomic E-state index is 9.08. The molecule has 0 amide bonds. The molecule has 3 aromatic carbocycles. The van der Waals surface area contributed by atoms with Crippen LogP contribution in [0.5, 0.6) is 0 Å². The molecule has 0 bridgehead atoms. The first-order valence-corrected chi connectivity index (χ1v) is 14.9. The molecule has 6 nitrogen and oxygen atoms in total. The summed E-state index contributed by atoms with van der Waals surface area (Å²) in [6, 6.07) is 29.2. The summed E-state index contributed by atoms with van der Waals surface area (Å²) in [5, 5.41) is 0. The van der Waals surface area contributed by atoms with E-state index in [9.17, 15) is 0 Å². The SMILES string of the molecule is CCN(CC)c1ccc(C[NH+](Cc2ccccc2)Cc2ccc(N(CC)CC)cc2)cc1.CS(=O)(=O)[O-]. The Morgan fingerprint density at radius 3 is 1.19 bits per heavy atom. The molecule has 0 aromatic heterocycles. The van der Waals surface area contributed by atoms with Gasteiger partial charge in [0.15, 0.2) is 0 Å². The smallest absolute Gasteiger partial charge is 0.103 e. The average molecular weight is 526 g/mol. The quantitative estimate of drug-likeness (QED) is 0.357. The van der Waals surface area contributed by atoms with Crippen molar-refractivity contribution in [1.29, 1.82) is 0 Å². The minimum Gasteiger partial charge on any atom is -0.748 e. The topological polar surface area (TPSA) is 68.1 Å². The fourth-order valence-electron chi connectivity index (χ4n) is 4.48. The van der Waals surface area contributed by atoms with Crippen molar-refractivity contribution < 1.29 is 17.9 Å². The first kappa shape index (κ1) is 30.4. The number of benzene rings is 3. The first-order valence-electron chi connectivity index (χ1n) is 13.1. The molecule has 0 atom stereocenters. The monoisotopic (exact) mass is 525 g/mol. The molecule has 0 heterocycles. The molecule has 3 aromatic rings. The van der Waals surface area contributed by atoms with Crippen molar-refractivity contribution in [2.75, 3.05) is 42.2 Å². The summed E-state index contributed by atoms with van der Waals surface area (Å²) in [6.07, 6.45) is 0.604. The maximum Gasteiger partial charge on any atom is 0.103 e. The number of rotatable bonds is 12. The molecule has 202 valence electrons. The highest BCUT2D eigenvalue weighted by molar-refractivity contribution is 7.84. The fraction of sp³-hybridized carbons (Fsp3) is 0.400. The lowest BCUT2D eigenvalue weighted by Crippen LogP contribution is -3.08. The summed E-state index contributed by atoms with van der Waals surface area (Å²) in [4.78, 5) is 6.36. The third-order valence-electron chi connectivity index (χ3n) is 6.34. The summed E-state index contributed by atoms with van der Waals surface area (Å²) in [6.45, 7) is 16.1. The molecule has 37 heavy (non-hydrogen) atoms. The molecule has 0 aliphatic heterocycles. The predicted molar refractivity (Wildman–Crippen MR) is 154 cm³/mol. The van der Waals surface area contributed by atoms with Gasteiger partial charge in [-0.2, -0.15) is 0 Å². The van der Waals surface area contributed by atoms with Gasteiger partial charge in [-0.25, -0.2) is 8.42 Å². The molecule has 0 unspecified atom stereocenters. The van der Waals surface area contributed by atoms with Crippen molar-refractivity contribution in [3.05, 3.63) is 95.6 Å². The molecular formula is C30H43N3O3S. The van der Waals surface area contributed by atoms with Crippen molar-refractivity contribution in [2.45, 2.75) is 47.3 Å². The summed E-state index contributed by atoms with van der Waals surface area (Å²) in [5.74, 6) is 0. The van der Waals surface area contributed by atoms with Gasteiger partial charge in [0.2, 0.25) is 0 Å². The summed E-state index contributed by atoms with van der Waals surface area (Å²) in [5.41, 5.74) is 6.81. The van der Waals surface area contributed by atoms with Crippen LogP contribution in [0.2, 0.25) is 0 Å². The van der Waals surface area contributed by atoms with E-state index in [0.29, 0.717) is 6.26 Å². The maximum atomic E-state index is 9.08. The van der Waals surface area contributed by atoms with Crippen molar-refractivity contribution in [2.24, 2.45) is 0 Å². The van der Waals surface area contributed by atoms with Gasteiger partial charge in [0.1, 0.15) is 19.6 Å². The van der Waals surface area contributed by atoms with E-state index < -0.39 is 10.1 Å². The van der Waals surface area contributed by atoms with Gasteiger partial charge in [0, 0.05) is 60.5 Å². The zero-order valence-electron chi connectivity index (χ0n) is 23.0. The van der Waals surface area contributed by atoms with Crippen molar-refractivity contribution >= 4 is 21.5 Å². The van der Waals surface area contributed by atoms with E-state index >= 15 is 0 Å². The standard InChI is InChI=1S/C29H39N3.CH4O3S/c1-5-31(6-2)28-18-14-26(15-19-28)23-30(22-25-12-10-9-11-13-25)24-27-16-20-29(21-17-27)32(7-3)8-4;1-5(2,3)4/h9-21H,5-8,22-24H2,1-4H3;1H3,(H,2,3,4). The second-order valence-electron chi connectivity index (χ2n) is 9.15. The number of quaternary nitrogens is 1. The van der Waals surface area contributed by atoms with Gasteiger partial charge in [0.25, 0.3) is 0 Å². The zero-order valence-corrected chi connectivity index (χ0v) is 23.8. The van der Waals surface area contributed by atoms with Crippen LogP contribution in [-0.2, 0) is 29.8 Å². The van der Waals surface area contributed by atoms with Crippen LogP contribution in [0.1, 0.15) is 44.4 Å². The summed E-state index contributed by atoms with van der Waals surface area (Å²) < 4.78 is 27.2. The molecular weight excluding hydrogens is 482 g/mol. The van der Waals surface area contributed by atoms with Crippen LogP contribution in [0, 0.1) is 0 Å². The Balaban J connectivity index is 0.000000877. The van der Waals surface area contributed by atoms with Gasteiger partial charge in [-0.1, -0.05) is 54.6 Å². The van der Waals surface area contributed by atoms with Gasteiger partial charge in [-0.05, 0) is 52.0 Å². The van der Waals surface area contributed by atoms with E-state index in [1.165, 1.54) is 28.1 Å². The van der Waals surface area contributed by atoms with Crippen LogP contribution in [0.3, 0.4) is 0 Å². The van der Waals surface area contributed by atoms with E-state index in [2.05, 4.69) is 116 Å². The van der Waals surface area contributed by atoms with E-state index in [-0.39, 0.29) is 0 Å². The van der Waals surface area contributed by atoms with Crippen molar-refractivity contribution in [1.82, 2.24) is 0 Å². The molecule has 1 N–H and O–H groups in total.